The predicted octanol–water partition coefficient (Wildman–Crippen LogP) is 14.7. The van der Waals surface area contributed by atoms with Crippen LogP contribution in [0.15, 0.2) is 188 Å². The molecule has 9 aromatic rings. The molecule has 0 N–H and O–H groups in total. The fourth-order valence-corrected chi connectivity index (χ4v) is 9.98. The summed E-state index contributed by atoms with van der Waals surface area (Å²) in [7, 11) is 0. The Morgan fingerprint density at radius 1 is 0.383 bits per heavy atom. The van der Waals surface area contributed by atoms with Crippen molar-refractivity contribution in [2.75, 3.05) is 0 Å². The van der Waals surface area contributed by atoms with Crippen LogP contribution < -0.4 is 0 Å². The number of nitrogens with zero attached hydrogens (tertiary/aromatic N) is 3. The maximum atomic E-state index is 9.82. The van der Waals surface area contributed by atoms with Crippen LogP contribution in [0.25, 0.3) is 89.2 Å². The third kappa shape index (κ3) is 6.12. The van der Waals surface area contributed by atoms with E-state index in [0.29, 0.717) is 5.82 Å². The summed E-state index contributed by atoms with van der Waals surface area (Å²) in [6.45, 7) is 0. The first kappa shape index (κ1) is 35.7. The zero-order valence-corrected chi connectivity index (χ0v) is 33.3. The Morgan fingerprint density at radius 2 is 0.883 bits per heavy atom. The molecule has 1 heterocycles. The minimum atomic E-state index is -0.0252. The Kier molecular flexibility index (Phi) is 8.79. The number of fused-ring (bicyclic) bond motifs is 6. The monoisotopic (exact) mass is 767 g/mol. The van der Waals surface area contributed by atoms with Gasteiger partial charge in [0.2, 0.25) is 0 Å². The summed E-state index contributed by atoms with van der Waals surface area (Å²) in [5, 5.41) is 12.3. The van der Waals surface area contributed by atoms with Crippen LogP contribution in [0.3, 0.4) is 0 Å². The van der Waals surface area contributed by atoms with Crippen molar-refractivity contribution in [2.45, 2.75) is 37.5 Å². The topological polar surface area (TPSA) is 49.6 Å². The highest BCUT2D eigenvalue weighted by Gasteiger charge is 2.44. The molecule has 284 valence electrons. The zero-order valence-electron chi connectivity index (χ0n) is 33.3. The highest BCUT2D eigenvalue weighted by Crippen LogP contribution is 2.56. The lowest BCUT2D eigenvalue weighted by Gasteiger charge is -2.36. The van der Waals surface area contributed by atoms with Gasteiger partial charge < -0.3 is 0 Å². The first-order chi connectivity index (χ1) is 29.6. The van der Waals surface area contributed by atoms with Gasteiger partial charge in [-0.05, 0) is 104 Å². The summed E-state index contributed by atoms with van der Waals surface area (Å²) in [6, 6.07) is 69.6. The van der Waals surface area contributed by atoms with Crippen molar-refractivity contribution in [1.29, 1.82) is 5.26 Å². The second-order valence-electron chi connectivity index (χ2n) is 16.3. The van der Waals surface area contributed by atoms with Gasteiger partial charge in [-0.25, -0.2) is 9.97 Å². The quantitative estimate of drug-likeness (QED) is 0.169. The normalized spacial score (nSPS) is 13.8. The van der Waals surface area contributed by atoms with Crippen molar-refractivity contribution in [3.05, 3.63) is 205 Å². The highest BCUT2D eigenvalue weighted by atomic mass is 14.9. The van der Waals surface area contributed by atoms with Gasteiger partial charge in [0.25, 0.3) is 0 Å². The van der Waals surface area contributed by atoms with Crippen molar-refractivity contribution in [1.82, 2.24) is 9.97 Å². The first-order valence-electron chi connectivity index (χ1n) is 21.1. The lowest BCUT2D eigenvalue weighted by atomic mass is 9.67. The molecule has 0 unspecified atom stereocenters. The largest absolute Gasteiger partial charge is 0.228 e. The van der Waals surface area contributed by atoms with Crippen molar-refractivity contribution in [3.8, 4) is 84.5 Å². The Morgan fingerprint density at radius 3 is 1.50 bits per heavy atom. The maximum absolute atomic E-state index is 9.82. The van der Waals surface area contributed by atoms with Gasteiger partial charge in [-0.15, -0.1) is 0 Å². The molecule has 2 aliphatic rings. The van der Waals surface area contributed by atoms with Crippen LogP contribution in [-0.4, -0.2) is 9.97 Å². The van der Waals surface area contributed by atoms with E-state index in [1.54, 1.807) is 0 Å². The number of aromatic nitrogens is 2. The first-order valence-corrected chi connectivity index (χ1v) is 21.1. The molecule has 2 aliphatic carbocycles. The molecule has 1 fully saturated rings. The van der Waals surface area contributed by atoms with Gasteiger partial charge in [0.15, 0.2) is 5.82 Å². The molecule has 0 saturated heterocycles. The van der Waals surface area contributed by atoms with E-state index in [9.17, 15) is 5.26 Å². The highest BCUT2D eigenvalue weighted by molar-refractivity contribution is 6.05. The van der Waals surface area contributed by atoms with Crippen LogP contribution in [0, 0.1) is 11.3 Å². The van der Waals surface area contributed by atoms with E-state index in [2.05, 4.69) is 164 Å². The Labute approximate surface area is 351 Å². The van der Waals surface area contributed by atoms with Crippen LogP contribution >= 0.6 is 0 Å². The van der Waals surface area contributed by atoms with Gasteiger partial charge in [-0.3, -0.25) is 0 Å². The van der Waals surface area contributed by atoms with Gasteiger partial charge in [0.1, 0.15) is 0 Å². The van der Waals surface area contributed by atoms with E-state index < -0.39 is 0 Å². The number of hydrogen-bond acceptors (Lipinski definition) is 3. The third-order valence-corrected chi connectivity index (χ3v) is 13.0. The fourth-order valence-electron chi connectivity index (χ4n) is 9.98. The number of benzene rings is 8. The van der Waals surface area contributed by atoms with E-state index in [-0.39, 0.29) is 5.41 Å². The molecule has 60 heavy (non-hydrogen) atoms. The summed E-state index contributed by atoms with van der Waals surface area (Å²) in [5.41, 5.74) is 18.2. The molecule has 1 saturated carbocycles. The molecule has 0 amide bonds. The molecule has 0 aliphatic heterocycles. The fraction of sp³-hybridized carbons (Fsp3) is 0.105. The Bertz CT molecular complexity index is 3100. The van der Waals surface area contributed by atoms with Crippen molar-refractivity contribution in [2.24, 2.45) is 0 Å². The molecule has 1 aromatic heterocycles. The second kappa shape index (κ2) is 14.8. The van der Waals surface area contributed by atoms with Gasteiger partial charge in [-0.1, -0.05) is 183 Å². The van der Waals surface area contributed by atoms with Crippen LogP contribution in [0.4, 0.5) is 0 Å². The van der Waals surface area contributed by atoms with Crippen LogP contribution in [0.1, 0.15) is 48.8 Å². The van der Waals surface area contributed by atoms with Crippen LogP contribution in [0.2, 0.25) is 0 Å². The van der Waals surface area contributed by atoms with Gasteiger partial charge >= 0.3 is 0 Å². The summed E-state index contributed by atoms with van der Waals surface area (Å²) >= 11 is 0. The molecule has 0 bridgehead atoms. The summed E-state index contributed by atoms with van der Waals surface area (Å²) in [6.07, 6.45) is 5.97. The second-order valence-corrected chi connectivity index (χ2v) is 16.3. The number of nitriles is 1. The van der Waals surface area contributed by atoms with Crippen molar-refractivity contribution >= 4 is 10.8 Å². The summed E-state index contributed by atoms with van der Waals surface area (Å²) < 4.78 is 0. The SMILES string of the molecule is N#Cc1ccc2c(c1)C1(CCCCC1)c1cc(-c3cccc4c(-c5ccc(-c6cc(-c7ccc(-c8ccccc8)cc7)nc(-c7ccccc7)n6)cc5)cccc34)ccc1-2. The molecule has 0 atom stereocenters. The molecule has 0 radical (unpaired) electrons. The molecule has 8 aromatic carbocycles. The smallest absolute Gasteiger partial charge is 0.160 e. The molecular weight excluding hydrogens is 727 g/mol. The molecule has 3 heteroatoms. The van der Waals surface area contributed by atoms with E-state index in [0.717, 1.165) is 52.0 Å². The van der Waals surface area contributed by atoms with Gasteiger partial charge in [-0.2, -0.15) is 5.26 Å². The van der Waals surface area contributed by atoms with E-state index in [1.165, 1.54) is 80.1 Å². The average Bonchev–Trinajstić information content (AvgIpc) is 3.58. The van der Waals surface area contributed by atoms with Crippen molar-refractivity contribution < 1.29 is 0 Å². The number of hydrogen-bond donors (Lipinski definition) is 0. The lowest BCUT2D eigenvalue weighted by molar-refractivity contribution is 0.353. The van der Waals surface area contributed by atoms with E-state index in [4.69, 9.17) is 9.97 Å². The summed E-state index contributed by atoms with van der Waals surface area (Å²) in [4.78, 5) is 10.2. The van der Waals surface area contributed by atoms with E-state index >= 15 is 0 Å². The predicted molar refractivity (Wildman–Crippen MR) is 246 cm³/mol. The molecule has 11 rings (SSSR count). The Hall–Kier alpha value is -7.41. The third-order valence-electron chi connectivity index (χ3n) is 13.0. The zero-order chi connectivity index (χ0) is 40.0. The summed E-state index contributed by atoms with van der Waals surface area (Å²) in [5.74, 6) is 0.706. The molecular formula is C57H41N3. The minimum Gasteiger partial charge on any atom is -0.228 e. The minimum absolute atomic E-state index is 0.0252. The van der Waals surface area contributed by atoms with Crippen LogP contribution in [0.5, 0.6) is 0 Å². The maximum Gasteiger partial charge on any atom is 0.160 e. The average molecular weight is 768 g/mol. The lowest BCUT2D eigenvalue weighted by Crippen LogP contribution is -2.28. The number of rotatable bonds is 6. The van der Waals surface area contributed by atoms with Crippen LogP contribution in [-0.2, 0) is 5.41 Å². The molecule has 1 spiro atoms. The Balaban J connectivity index is 0.954. The van der Waals surface area contributed by atoms with Gasteiger partial charge in [0.05, 0.1) is 23.0 Å². The van der Waals surface area contributed by atoms with Crippen molar-refractivity contribution in [3.63, 3.8) is 0 Å². The van der Waals surface area contributed by atoms with Gasteiger partial charge in [0, 0.05) is 22.1 Å². The molecule has 3 nitrogen and oxygen atoms in total. The van der Waals surface area contributed by atoms with E-state index in [1.807, 2.05) is 30.3 Å². The standard InChI is InChI=1S/C57H41N3/c58-37-38-20-30-50-51-31-29-45(35-53(51)57(52(50)34-38)32-8-3-9-33-57)47-17-11-18-48-46(16-10-19-49(47)48)41-23-27-43(28-24-41)55-36-54(59-56(60-55)44-14-6-2-7-15-44)42-25-21-40(22-26-42)39-12-4-1-5-13-39/h1-2,4-7,10-31,34-36H,3,8-9,32-33H2.